The van der Waals surface area contributed by atoms with Crippen molar-refractivity contribution in [1.82, 2.24) is 20.6 Å². The van der Waals surface area contributed by atoms with Gasteiger partial charge in [-0.1, -0.05) is 17.7 Å². The molecule has 0 aliphatic rings. The van der Waals surface area contributed by atoms with E-state index in [1.54, 1.807) is 0 Å². The molecule has 7 nitrogen and oxygen atoms in total. The number of amidine groups is 1. The fourth-order valence-electron chi connectivity index (χ4n) is 1.10. The summed E-state index contributed by atoms with van der Waals surface area (Å²) in [6.45, 7) is 6.92. The Morgan fingerprint density at radius 2 is 2.22 bits per heavy atom. The van der Waals surface area contributed by atoms with E-state index in [-0.39, 0.29) is 17.3 Å². The molecule has 0 aliphatic carbocycles. The summed E-state index contributed by atoms with van der Waals surface area (Å²) in [5.41, 5.74) is 2.49. The van der Waals surface area contributed by atoms with Crippen LogP contribution in [0, 0.1) is 18.2 Å². The summed E-state index contributed by atoms with van der Waals surface area (Å²) in [4.78, 5) is 3.09. The molecule has 1 heterocycles. The normalized spacial score (nSPS) is 11.1. The van der Waals surface area contributed by atoms with Crippen LogP contribution in [0.5, 0.6) is 0 Å². The molecule has 1 aromatic heterocycles. The number of rotatable bonds is 3. The Morgan fingerprint density at radius 3 is 2.83 bits per heavy atom. The van der Waals surface area contributed by atoms with E-state index in [0.29, 0.717) is 0 Å². The first-order valence-electron chi connectivity index (χ1n) is 4.60. The van der Waals surface area contributed by atoms with Gasteiger partial charge in [0.2, 0.25) is 0 Å². The topological polar surface area (TPSA) is 83.2 Å². The summed E-state index contributed by atoms with van der Waals surface area (Å²) < 4.78 is 25.7. The molecule has 0 radical (unpaired) electrons. The van der Waals surface area contributed by atoms with Crippen LogP contribution in [-0.2, 0) is 0 Å². The number of hydrogen-bond donors (Lipinski definition) is 2. The molecule has 2 aromatic rings. The molecule has 2 rings (SSSR count). The summed E-state index contributed by atoms with van der Waals surface area (Å²) in [6.07, 6.45) is 0. The Balaban J connectivity index is 2.25. The molecule has 1 aromatic carbocycles. The number of benzene rings is 1. The molecular weight excluding hydrogens is 244 g/mol. The van der Waals surface area contributed by atoms with Crippen molar-refractivity contribution in [3.05, 3.63) is 46.8 Å². The number of halogens is 2. The summed E-state index contributed by atoms with van der Waals surface area (Å²) in [5.74, 6) is -2.14. The van der Waals surface area contributed by atoms with Crippen molar-refractivity contribution < 1.29 is 8.78 Å². The van der Waals surface area contributed by atoms with Gasteiger partial charge < -0.3 is 4.85 Å². The van der Waals surface area contributed by atoms with Gasteiger partial charge >= 0.3 is 5.84 Å². The van der Waals surface area contributed by atoms with Crippen LogP contribution in [0.25, 0.3) is 4.85 Å². The first-order chi connectivity index (χ1) is 8.70. The van der Waals surface area contributed by atoms with E-state index >= 15 is 0 Å². The fourth-order valence-corrected chi connectivity index (χ4v) is 1.10. The van der Waals surface area contributed by atoms with E-state index in [4.69, 9.17) is 6.57 Å². The number of anilines is 1. The molecule has 0 bridgehead atoms. The molecular formula is C9H5F2N7. The van der Waals surface area contributed by atoms with Crippen molar-refractivity contribution >= 4 is 11.8 Å². The first-order valence-corrected chi connectivity index (χ1v) is 4.60. The monoisotopic (exact) mass is 249 g/mol. The predicted molar refractivity (Wildman–Crippen MR) is 57.3 cm³/mol. The Kier molecular flexibility index (Phi) is 3.19. The highest BCUT2D eigenvalue weighted by Crippen LogP contribution is 2.10. The number of H-pyrrole nitrogens is 1. The molecule has 0 unspecified atom stereocenters. The zero-order valence-corrected chi connectivity index (χ0v) is 8.72. The minimum absolute atomic E-state index is 0.0544. The lowest BCUT2D eigenvalue weighted by Gasteiger charge is -1.98. The van der Waals surface area contributed by atoms with Gasteiger partial charge in [0.05, 0.1) is 0 Å². The van der Waals surface area contributed by atoms with Gasteiger partial charge in [0, 0.05) is 5.56 Å². The van der Waals surface area contributed by atoms with E-state index in [2.05, 4.69) is 36.0 Å². The van der Waals surface area contributed by atoms with E-state index in [1.807, 2.05) is 0 Å². The summed E-state index contributed by atoms with van der Waals surface area (Å²) in [5, 5.41) is 16.2. The minimum atomic E-state index is -1.05. The third-order valence-electron chi connectivity index (χ3n) is 1.89. The zero-order chi connectivity index (χ0) is 13.0. The van der Waals surface area contributed by atoms with Crippen LogP contribution in [0.4, 0.5) is 14.7 Å². The Labute approximate surface area is 99.3 Å². The second-order valence-electron chi connectivity index (χ2n) is 3.02. The SMILES string of the molecule is [C-]#[N+]/C(=N\Nc1nn[nH]n1)c1ccc(F)c(F)c1. The van der Waals surface area contributed by atoms with Crippen molar-refractivity contribution in [1.29, 1.82) is 0 Å². The van der Waals surface area contributed by atoms with Gasteiger partial charge in [-0.25, -0.2) is 8.78 Å². The fraction of sp³-hybridized carbons (Fsp3) is 0. The van der Waals surface area contributed by atoms with Crippen LogP contribution >= 0.6 is 0 Å². The van der Waals surface area contributed by atoms with E-state index in [0.717, 1.165) is 12.1 Å². The maximum absolute atomic E-state index is 13.0. The van der Waals surface area contributed by atoms with E-state index < -0.39 is 11.6 Å². The van der Waals surface area contributed by atoms with Crippen LogP contribution in [0.2, 0.25) is 0 Å². The Bertz CT molecular complexity index is 614. The highest BCUT2D eigenvalue weighted by molar-refractivity contribution is 6.06. The number of hydrogen-bond acceptors (Lipinski definition) is 5. The summed E-state index contributed by atoms with van der Waals surface area (Å²) >= 11 is 0. The molecule has 18 heavy (non-hydrogen) atoms. The number of nitrogens with zero attached hydrogens (tertiary/aromatic N) is 5. The van der Waals surface area contributed by atoms with Crippen molar-refractivity contribution in [3.8, 4) is 0 Å². The molecule has 0 saturated carbocycles. The van der Waals surface area contributed by atoms with Crippen LogP contribution in [0.3, 0.4) is 0 Å². The summed E-state index contributed by atoms with van der Waals surface area (Å²) in [6, 6.07) is 3.04. The lowest BCUT2D eigenvalue weighted by molar-refractivity contribution is 0.508. The van der Waals surface area contributed by atoms with Gasteiger partial charge in [-0.05, 0) is 22.4 Å². The average Bonchev–Trinajstić information content (AvgIpc) is 2.87. The van der Waals surface area contributed by atoms with Crippen LogP contribution < -0.4 is 5.43 Å². The highest BCUT2D eigenvalue weighted by Gasteiger charge is 2.09. The lowest BCUT2D eigenvalue weighted by Crippen LogP contribution is -2.02. The predicted octanol–water partition coefficient (Wildman–Crippen LogP) is 1.17. The third kappa shape index (κ3) is 2.43. The van der Waals surface area contributed by atoms with Crippen LogP contribution in [0.1, 0.15) is 5.56 Å². The van der Waals surface area contributed by atoms with E-state index in [9.17, 15) is 8.78 Å². The summed E-state index contributed by atoms with van der Waals surface area (Å²) in [7, 11) is 0. The molecule has 2 N–H and O–H groups in total. The second-order valence-corrected chi connectivity index (χ2v) is 3.02. The third-order valence-corrected chi connectivity index (χ3v) is 1.89. The molecule has 0 spiro atoms. The Hall–Kier alpha value is -2.89. The van der Waals surface area contributed by atoms with Crippen LogP contribution in [0.15, 0.2) is 23.3 Å². The Morgan fingerprint density at radius 1 is 1.39 bits per heavy atom. The lowest BCUT2D eigenvalue weighted by atomic mass is 10.2. The first kappa shape index (κ1) is 11.6. The van der Waals surface area contributed by atoms with Crippen molar-refractivity contribution in [2.24, 2.45) is 5.10 Å². The van der Waals surface area contributed by atoms with Crippen molar-refractivity contribution in [3.63, 3.8) is 0 Å². The van der Waals surface area contributed by atoms with E-state index in [1.165, 1.54) is 6.07 Å². The highest BCUT2D eigenvalue weighted by atomic mass is 19.2. The number of aromatic nitrogens is 4. The quantitative estimate of drug-likeness (QED) is 0.370. The number of tetrazole rings is 1. The van der Waals surface area contributed by atoms with Gasteiger partial charge in [-0.15, -0.1) is 5.10 Å². The molecule has 0 aliphatic heterocycles. The van der Waals surface area contributed by atoms with Crippen LogP contribution in [-0.4, -0.2) is 26.5 Å². The minimum Gasteiger partial charge on any atom is -0.358 e. The smallest absolute Gasteiger partial charge is 0.301 e. The molecule has 0 amide bonds. The largest absolute Gasteiger partial charge is 0.358 e. The van der Waals surface area contributed by atoms with Gasteiger partial charge in [0.1, 0.15) is 0 Å². The van der Waals surface area contributed by atoms with Gasteiger partial charge in [0.25, 0.3) is 5.95 Å². The average molecular weight is 249 g/mol. The van der Waals surface area contributed by atoms with Crippen molar-refractivity contribution in [2.75, 3.05) is 5.43 Å². The molecule has 9 heteroatoms. The van der Waals surface area contributed by atoms with Gasteiger partial charge in [0.15, 0.2) is 11.6 Å². The standard InChI is InChI=1S/C9H5F2N7/c1-12-8(13-14-9-15-17-18-16-9)5-2-3-6(10)7(11)4-5/h2-4H,(H2,14,15,16,17,18)/b13-8-. The molecule has 90 valence electrons. The molecule has 0 atom stereocenters. The zero-order valence-electron chi connectivity index (χ0n) is 8.72. The maximum Gasteiger partial charge on any atom is 0.301 e. The molecule has 0 fully saturated rings. The maximum atomic E-state index is 13.0. The van der Waals surface area contributed by atoms with Gasteiger partial charge in [-0.2, -0.15) is 10.6 Å². The number of hydrazone groups is 1. The van der Waals surface area contributed by atoms with Crippen molar-refractivity contribution in [2.45, 2.75) is 0 Å². The number of aromatic amines is 1. The van der Waals surface area contributed by atoms with Gasteiger partial charge in [-0.3, -0.25) is 0 Å². The number of nitrogens with one attached hydrogen (secondary N) is 2. The molecule has 0 saturated heterocycles. The second kappa shape index (κ2) is 4.96.